The van der Waals surface area contributed by atoms with Crippen LogP contribution in [0.15, 0.2) is 54.1 Å². The van der Waals surface area contributed by atoms with E-state index < -0.39 is 17.7 Å². The summed E-state index contributed by atoms with van der Waals surface area (Å²) in [4.78, 5) is 29.6. The standard InChI is InChI=1S/C24H28N2O5/c1-25(2)13-8-14-26-21(18-15-17(30-3)11-12-19(18)31-4)20(23(28)24(26)29)22(27)16-9-6-5-7-10-16/h5-7,9-12,15,21,27H,8,13-14H2,1-4H3/b22-20+/t21-/m1/s1. The minimum absolute atomic E-state index is 0.0487. The maximum atomic E-state index is 13.1. The lowest BCUT2D eigenvalue weighted by molar-refractivity contribution is -0.140. The van der Waals surface area contributed by atoms with Crippen molar-refractivity contribution in [2.45, 2.75) is 12.5 Å². The van der Waals surface area contributed by atoms with E-state index in [4.69, 9.17) is 9.47 Å². The molecule has 2 aromatic carbocycles. The second-order valence-corrected chi connectivity index (χ2v) is 7.62. The van der Waals surface area contributed by atoms with Crippen molar-refractivity contribution < 1.29 is 24.2 Å². The molecule has 0 aliphatic carbocycles. The Bertz CT molecular complexity index is 985. The Morgan fingerprint density at radius 2 is 1.77 bits per heavy atom. The molecule has 0 bridgehead atoms. The predicted octanol–water partition coefficient (Wildman–Crippen LogP) is 3.08. The average molecular weight is 424 g/mol. The fraction of sp³-hybridized carbons (Fsp3) is 0.333. The van der Waals surface area contributed by atoms with Gasteiger partial charge in [0.1, 0.15) is 17.3 Å². The first-order valence-corrected chi connectivity index (χ1v) is 10.1. The molecule has 1 aliphatic heterocycles. The molecule has 0 aromatic heterocycles. The highest BCUT2D eigenvalue weighted by atomic mass is 16.5. The first-order valence-electron chi connectivity index (χ1n) is 10.1. The number of nitrogens with zero attached hydrogens (tertiary/aromatic N) is 2. The van der Waals surface area contributed by atoms with Crippen molar-refractivity contribution in [3.05, 3.63) is 65.2 Å². The molecule has 0 unspecified atom stereocenters. The Morgan fingerprint density at radius 1 is 1.06 bits per heavy atom. The van der Waals surface area contributed by atoms with Gasteiger partial charge in [-0.05, 0) is 45.3 Å². The Labute approximate surface area is 182 Å². The number of benzene rings is 2. The van der Waals surface area contributed by atoms with Crippen LogP contribution in [0.5, 0.6) is 11.5 Å². The summed E-state index contributed by atoms with van der Waals surface area (Å²) in [7, 11) is 6.97. The van der Waals surface area contributed by atoms with E-state index in [1.54, 1.807) is 49.6 Å². The maximum Gasteiger partial charge on any atom is 0.295 e. The van der Waals surface area contributed by atoms with Crippen molar-refractivity contribution in [3.63, 3.8) is 0 Å². The van der Waals surface area contributed by atoms with Crippen molar-refractivity contribution in [1.82, 2.24) is 9.80 Å². The number of carbonyl (C=O) groups excluding carboxylic acids is 2. The van der Waals surface area contributed by atoms with Gasteiger partial charge in [0.2, 0.25) is 0 Å². The highest BCUT2D eigenvalue weighted by Gasteiger charge is 2.47. The van der Waals surface area contributed by atoms with Crippen LogP contribution in [0, 0.1) is 0 Å². The molecule has 1 atom stereocenters. The molecule has 1 saturated heterocycles. The van der Waals surface area contributed by atoms with E-state index in [0.29, 0.717) is 35.6 Å². The first-order chi connectivity index (χ1) is 14.9. The summed E-state index contributed by atoms with van der Waals surface area (Å²) in [6, 6.07) is 13.2. The molecule has 2 aromatic rings. The molecule has 1 aliphatic rings. The Balaban J connectivity index is 2.18. The largest absolute Gasteiger partial charge is 0.507 e. The summed E-state index contributed by atoms with van der Waals surface area (Å²) >= 11 is 0. The number of hydrogen-bond donors (Lipinski definition) is 1. The minimum Gasteiger partial charge on any atom is -0.507 e. The Kier molecular flexibility index (Phi) is 6.97. The first kappa shape index (κ1) is 22.4. The van der Waals surface area contributed by atoms with Crippen molar-refractivity contribution in [2.75, 3.05) is 41.4 Å². The monoisotopic (exact) mass is 424 g/mol. The lowest BCUT2D eigenvalue weighted by atomic mass is 9.94. The molecule has 1 fully saturated rings. The maximum absolute atomic E-state index is 13.1. The number of carbonyl (C=O) groups is 2. The van der Waals surface area contributed by atoms with Crippen LogP contribution >= 0.6 is 0 Å². The van der Waals surface area contributed by atoms with Crippen molar-refractivity contribution in [2.24, 2.45) is 0 Å². The summed E-state index contributed by atoms with van der Waals surface area (Å²) < 4.78 is 10.9. The van der Waals surface area contributed by atoms with Gasteiger partial charge in [-0.2, -0.15) is 0 Å². The zero-order chi connectivity index (χ0) is 22.5. The molecule has 0 saturated carbocycles. The molecule has 0 spiro atoms. The number of Topliss-reactive ketones (excluding diaryl/α,β-unsaturated/α-hetero) is 1. The minimum atomic E-state index is -0.785. The van der Waals surface area contributed by atoms with Crippen LogP contribution in [0.25, 0.3) is 5.76 Å². The van der Waals surface area contributed by atoms with Gasteiger partial charge in [-0.1, -0.05) is 30.3 Å². The lowest BCUT2D eigenvalue weighted by Crippen LogP contribution is -2.32. The fourth-order valence-corrected chi connectivity index (χ4v) is 3.80. The molecule has 0 radical (unpaired) electrons. The summed E-state index contributed by atoms with van der Waals surface area (Å²) in [5.74, 6) is -0.477. The molecular formula is C24H28N2O5. The molecule has 164 valence electrons. The second-order valence-electron chi connectivity index (χ2n) is 7.62. The Morgan fingerprint density at radius 3 is 2.39 bits per heavy atom. The summed E-state index contributed by atoms with van der Waals surface area (Å²) in [5.41, 5.74) is 1.11. The number of hydrogen-bond acceptors (Lipinski definition) is 6. The quantitative estimate of drug-likeness (QED) is 0.399. The van der Waals surface area contributed by atoms with E-state index in [2.05, 4.69) is 0 Å². The number of ketones is 1. The molecule has 1 amide bonds. The molecule has 3 rings (SSSR count). The predicted molar refractivity (Wildman–Crippen MR) is 118 cm³/mol. The van der Waals surface area contributed by atoms with Gasteiger partial charge in [0, 0.05) is 17.7 Å². The van der Waals surface area contributed by atoms with E-state index in [1.807, 2.05) is 25.1 Å². The van der Waals surface area contributed by atoms with Crippen LogP contribution in [-0.2, 0) is 9.59 Å². The van der Waals surface area contributed by atoms with E-state index >= 15 is 0 Å². The van der Waals surface area contributed by atoms with Crippen LogP contribution in [0.4, 0.5) is 0 Å². The molecule has 31 heavy (non-hydrogen) atoms. The number of aliphatic hydroxyl groups is 1. The SMILES string of the molecule is COc1ccc(OC)c([C@@H]2/C(=C(\O)c3ccccc3)C(=O)C(=O)N2CCCN(C)C)c1. The normalized spacial score (nSPS) is 18.0. The fourth-order valence-electron chi connectivity index (χ4n) is 3.80. The second kappa shape index (κ2) is 9.66. The van der Waals surface area contributed by atoms with Crippen molar-refractivity contribution in [3.8, 4) is 11.5 Å². The van der Waals surface area contributed by atoms with Gasteiger partial charge in [-0.3, -0.25) is 9.59 Å². The molecule has 7 nitrogen and oxygen atoms in total. The summed E-state index contributed by atoms with van der Waals surface area (Å²) in [6.07, 6.45) is 0.675. The van der Waals surface area contributed by atoms with Gasteiger partial charge in [-0.25, -0.2) is 0 Å². The zero-order valence-electron chi connectivity index (χ0n) is 18.3. The highest BCUT2D eigenvalue weighted by Crippen LogP contribution is 2.43. The van der Waals surface area contributed by atoms with Gasteiger partial charge < -0.3 is 24.4 Å². The van der Waals surface area contributed by atoms with E-state index in [1.165, 1.54) is 12.0 Å². The number of aliphatic hydroxyl groups excluding tert-OH is 1. The third-order valence-electron chi connectivity index (χ3n) is 5.32. The van der Waals surface area contributed by atoms with Crippen molar-refractivity contribution in [1.29, 1.82) is 0 Å². The number of amides is 1. The van der Waals surface area contributed by atoms with E-state index in [-0.39, 0.29) is 11.3 Å². The number of ether oxygens (including phenoxy) is 2. The summed E-state index contributed by atoms with van der Waals surface area (Å²) in [6.45, 7) is 1.11. The summed E-state index contributed by atoms with van der Waals surface area (Å²) in [5, 5.41) is 11.1. The third kappa shape index (κ3) is 4.56. The number of methoxy groups -OCH3 is 2. The van der Waals surface area contributed by atoms with Gasteiger partial charge in [0.25, 0.3) is 11.7 Å². The molecule has 1 N–H and O–H groups in total. The van der Waals surface area contributed by atoms with Gasteiger partial charge >= 0.3 is 0 Å². The van der Waals surface area contributed by atoms with Crippen LogP contribution < -0.4 is 9.47 Å². The third-order valence-corrected chi connectivity index (χ3v) is 5.32. The van der Waals surface area contributed by atoms with Crippen LogP contribution in [0.2, 0.25) is 0 Å². The topological polar surface area (TPSA) is 79.3 Å². The van der Waals surface area contributed by atoms with Gasteiger partial charge in [0.15, 0.2) is 0 Å². The molecule has 7 heteroatoms. The van der Waals surface area contributed by atoms with Crippen LogP contribution in [0.3, 0.4) is 0 Å². The zero-order valence-corrected chi connectivity index (χ0v) is 18.3. The lowest BCUT2D eigenvalue weighted by Gasteiger charge is -2.27. The van der Waals surface area contributed by atoms with E-state index in [0.717, 1.165) is 6.54 Å². The van der Waals surface area contributed by atoms with Gasteiger partial charge in [-0.15, -0.1) is 0 Å². The van der Waals surface area contributed by atoms with Gasteiger partial charge in [0.05, 0.1) is 25.8 Å². The highest BCUT2D eigenvalue weighted by molar-refractivity contribution is 6.46. The van der Waals surface area contributed by atoms with Crippen molar-refractivity contribution >= 4 is 17.4 Å². The average Bonchev–Trinajstić information content (AvgIpc) is 3.03. The molecular weight excluding hydrogens is 396 g/mol. The number of likely N-dealkylation sites (tertiary alicyclic amines) is 1. The van der Waals surface area contributed by atoms with E-state index in [9.17, 15) is 14.7 Å². The molecule has 1 heterocycles. The van der Waals surface area contributed by atoms with Crippen LogP contribution in [0.1, 0.15) is 23.6 Å². The Hall–Kier alpha value is -3.32. The number of rotatable bonds is 8. The van der Waals surface area contributed by atoms with Crippen LogP contribution in [-0.4, -0.2) is 68.0 Å². The smallest absolute Gasteiger partial charge is 0.295 e.